The van der Waals surface area contributed by atoms with Gasteiger partial charge >= 0.3 is 11.0 Å². The molecule has 202 valence electrons. The molecule has 37 heavy (non-hydrogen) atoms. The van der Waals surface area contributed by atoms with Gasteiger partial charge in [-0.2, -0.15) is 26.3 Å². The van der Waals surface area contributed by atoms with E-state index in [0.29, 0.717) is 0 Å². The topological polar surface area (TPSA) is 82.4 Å². The molecule has 0 N–H and O–H groups in total. The zero-order valence-electron chi connectivity index (χ0n) is 19.2. The highest BCUT2D eigenvalue weighted by molar-refractivity contribution is 8.13. The van der Waals surface area contributed by atoms with Gasteiger partial charge in [0.05, 0.1) is 6.16 Å². The van der Waals surface area contributed by atoms with Crippen molar-refractivity contribution in [1.29, 1.82) is 0 Å². The summed E-state index contributed by atoms with van der Waals surface area (Å²) in [6.45, 7) is 2.30. The summed E-state index contributed by atoms with van der Waals surface area (Å²) in [7, 11) is -15.0. The predicted octanol–water partition coefficient (Wildman–Crippen LogP) is 5.45. The average Bonchev–Trinajstić information content (AvgIpc) is 2.83. The van der Waals surface area contributed by atoms with E-state index in [1.54, 1.807) is 0 Å². The molecule has 3 aromatic carbocycles. The Kier molecular flexibility index (Phi) is 9.92. The number of hydrogen-bond donors (Lipinski definition) is 0. The lowest BCUT2D eigenvalue weighted by Crippen LogP contribution is -2.33. The molecular formula is C23H22F6NO4PS2. The maximum atomic E-state index is 11.4. The number of halogens is 6. The Bertz CT molecular complexity index is 1210. The van der Waals surface area contributed by atoms with Crippen LogP contribution >= 0.6 is 7.26 Å². The highest BCUT2D eigenvalue weighted by Gasteiger charge is 2.47. The zero-order valence-corrected chi connectivity index (χ0v) is 21.7. The molecule has 3 rings (SSSR count). The first-order valence-electron chi connectivity index (χ1n) is 10.5. The third-order valence-corrected chi connectivity index (χ3v) is 12.3. The minimum absolute atomic E-state index is 0.778. The first-order valence-corrected chi connectivity index (χ1v) is 15.4. The Morgan fingerprint density at radius 1 is 0.595 bits per heavy atom. The molecule has 0 saturated carbocycles. The van der Waals surface area contributed by atoms with Gasteiger partial charge in [0.25, 0.3) is 0 Å². The van der Waals surface area contributed by atoms with Crippen molar-refractivity contribution in [3.05, 3.63) is 95.1 Å². The van der Waals surface area contributed by atoms with E-state index in [1.807, 2.05) is 0 Å². The van der Waals surface area contributed by atoms with Crippen molar-refractivity contribution in [3.63, 3.8) is 0 Å². The molecule has 0 amide bonds. The van der Waals surface area contributed by atoms with Crippen molar-refractivity contribution >= 4 is 43.2 Å². The highest BCUT2D eigenvalue weighted by Crippen LogP contribution is 2.55. The molecule has 14 heteroatoms. The second-order valence-corrected chi connectivity index (χ2v) is 14.5. The second-order valence-electron chi connectivity index (χ2n) is 7.46. The lowest BCUT2D eigenvalue weighted by Gasteiger charge is -2.27. The van der Waals surface area contributed by atoms with E-state index in [9.17, 15) is 43.2 Å². The van der Waals surface area contributed by atoms with Gasteiger partial charge in [0, 0.05) is 0 Å². The zero-order chi connectivity index (χ0) is 28.0. The van der Waals surface area contributed by atoms with E-state index in [-0.39, 0.29) is 0 Å². The van der Waals surface area contributed by atoms with Gasteiger partial charge in [-0.05, 0) is 42.8 Å². The average molecular weight is 586 g/mol. The van der Waals surface area contributed by atoms with Crippen molar-refractivity contribution < 1.29 is 43.2 Å². The van der Waals surface area contributed by atoms with E-state index in [0.717, 1.165) is 4.13 Å². The van der Waals surface area contributed by atoms with Crippen molar-refractivity contribution in [2.24, 2.45) is 0 Å². The fourth-order valence-electron chi connectivity index (χ4n) is 3.43. The Morgan fingerprint density at radius 2 is 0.865 bits per heavy atom. The summed E-state index contributed by atoms with van der Waals surface area (Å²) in [5.41, 5.74) is -12.4. The summed E-state index contributed by atoms with van der Waals surface area (Å²) < 4.78 is 109. The van der Waals surface area contributed by atoms with E-state index >= 15 is 0 Å². The van der Waals surface area contributed by atoms with Crippen molar-refractivity contribution in [2.75, 3.05) is 6.16 Å². The number of alkyl halides is 6. The Morgan fingerprint density at radius 3 is 1.08 bits per heavy atom. The molecule has 0 radical (unpaired) electrons. The molecule has 0 heterocycles. The largest absolute Gasteiger partial charge is 0.480 e. The van der Waals surface area contributed by atoms with E-state index in [1.165, 1.54) is 28.5 Å². The maximum Gasteiger partial charge on any atom is 0.480 e. The molecule has 0 aromatic heterocycles. The summed E-state index contributed by atoms with van der Waals surface area (Å²) in [5.74, 6) is 0. The Balaban J connectivity index is 0.000000283. The molecule has 0 aliphatic carbocycles. The van der Waals surface area contributed by atoms with Crippen LogP contribution in [-0.2, 0) is 20.0 Å². The number of nitrogens with zero attached hydrogens (tertiary/aromatic N) is 1. The fraction of sp³-hybridized carbons (Fsp3) is 0.217. The standard InChI is InChI=1S/C21H22P.C2F6NO4S2/c1-2-18-22(19-12-6-3-7-13-19,20-14-8-4-9-15-20)21-16-10-5-11-17-21;3-1(4,5)14(10,11)9-15(12,13)2(6,7)8/h3-17H,2,18H2,1H3;/q+1;-1. The summed E-state index contributed by atoms with van der Waals surface area (Å²) >= 11 is 0. The predicted molar refractivity (Wildman–Crippen MR) is 134 cm³/mol. The van der Waals surface area contributed by atoms with Crippen LogP contribution in [0.4, 0.5) is 26.3 Å². The van der Waals surface area contributed by atoms with Gasteiger partial charge in [-0.3, -0.25) is 0 Å². The number of benzene rings is 3. The lowest BCUT2D eigenvalue weighted by atomic mass is 10.4. The molecule has 0 aliphatic heterocycles. The first-order chi connectivity index (χ1) is 17.1. The van der Waals surface area contributed by atoms with Crippen molar-refractivity contribution in [2.45, 2.75) is 24.4 Å². The molecule has 5 nitrogen and oxygen atoms in total. The molecule has 3 aromatic rings. The third-order valence-electron chi connectivity index (χ3n) is 4.93. The highest BCUT2D eigenvalue weighted by atomic mass is 32.3. The van der Waals surface area contributed by atoms with Crippen LogP contribution in [0.5, 0.6) is 0 Å². The van der Waals surface area contributed by atoms with Crippen molar-refractivity contribution in [1.82, 2.24) is 0 Å². The summed E-state index contributed by atoms with van der Waals surface area (Å²) in [6, 6.07) is 33.2. The first kappa shape index (κ1) is 30.8. The van der Waals surface area contributed by atoms with Crippen molar-refractivity contribution in [3.8, 4) is 0 Å². The molecule has 0 fully saturated rings. The lowest BCUT2D eigenvalue weighted by molar-refractivity contribution is -0.0444. The van der Waals surface area contributed by atoms with Gasteiger partial charge in [-0.15, -0.1) is 0 Å². The number of sulfonamides is 2. The summed E-state index contributed by atoms with van der Waals surface area (Å²) in [5, 5.41) is 4.44. The quantitative estimate of drug-likeness (QED) is 0.273. The fourth-order valence-corrected chi connectivity index (χ4v) is 9.52. The minimum Gasteiger partial charge on any atom is -0.421 e. The number of hydrogen-bond acceptors (Lipinski definition) is 4. The normalized spacial score (nSPS) is 12.9. The molecule has 0 atom stereocenters. The molecular weight excluding hydrogens is 563 g/mol. The smallest absolute Gasteiger partial charge is 0.421 e. The summed E-state index contributed by atoms with van der Waals surface area (Å²) in [4.78, 5) is 0. The summed E-state index contributed by atoms with van der Waals surface area (Å²) in [6.07, 6.45) is 2.40. The van der Waals surface area contributed by atoms with Crippen LogP contribution in [0.25, 0.3) is 4.13 Å². The number of rotatable bonds is 7. The third kappa shape index (κ3) is 7.31. The molecule has 0 saturated heterocycles. The molecule has 0 unspecified atom stereocenters. The molecule has 0 aliphatic rings. The van der Waals surface area contributed by atoms with Gasteiger partial charge in [-0.25, -0.2) is 16.8 Å². The van der Waals surface area contributed by atoms with Crippen LogP contribution in [0, 0.1) is 0 Å². The van der Waals surface area contributed by atoms with E-state index in [2.05, 4.69) is 97.9 Å². The Labute approximate surface area is 212 Å². The second kappa shape index (κ2) is 11.9. The van der Waals surface area contributed by atoms with Gasteiger partial charge in [0.1, 0.15) is 23.2 Å². The van der Waals surface area contributed by atoms with Crippen LogP contribution in [0.3, 0.4) is 0 Å². The van der Waals surface area contributed by atoms with Gasteiger partial charge < -0.3 is 4.13 Å². The Hall–Kier alpha value is -2.47. The minimum atomic E-state index is -6.72. The molecule has 0 bridgehead atoms. The monoisotopic (exact) mass is 585 g/mol. The van der Waals surface area contributed by atoms with Crippen LogP contribution in [-0.4, -0.2) is 34.0 Å². The van der Waals surface area contributed by atoms with Gasteiger partial charge in [0.2, 0.25) is 0 Å². The van der Waals surface area contributed by atoms with Crippen LogP contribution in [0.2, 0.25) is 0 Å². The van der Waals surface area contributed by atoms with E-state index in [4.69, 9.17) is 0 Å². The molecule has 0 spiro atoms. The SMILES string of the molecule is CCC[P+](c1ccccc1)(c1ccccc1)c1ccccc1.O=S(=O)([N-]S(=O)(=O)C(F)(F)F)C(F)(F)F. The van der Waals surface area contributed by atoms with Crippen LogP contribution in [0.1, 0.15) is 13.3 Å². The van der Waals surface area contributed by atoms with Gasteiger partial charge in [-0.1, -0.05) is 61.5 Å². The van der Waals surface area contributed by atoms with Crippen LogP contribution in [0.15, 0.2) is 91.0 Å². The van der Waals surface area contributed by atoms with Gasteiger partial charge in [0.15, 0.2) is 20.0 Å². The maximum absolute atomic E-state index is 11.4. The van der Waals surface area contributed by atoms with E-state index < -0.39 is 38.3 Å². The van der Waals surface area contributed by atoms with Crippen LogP contribution < -0.4 is 15.9 Å².